The van der Waals surface area contributed by atoms with Crippen LogP contribution >= 0.6 is 22.9 Å². The lowest BCUT2D eigenvalue weighted by atomic mass is 9.68. The first-order valence-electron chi connectivity index (χ1n) is 3.71. The van der Waals surface area contributed by atoms with Crippen LogP contribution in [0.3, 0.4) is 0 Å². The van der Waals surface area contributed by atoms with Crippen LogP contribution in [0, 0.1) is 11.3 Å². The molecule has 0 saturated heterocycles. The summed E-state index contributed by atoms with van der Waals surface area (Å²) in [6, 6.07) is 2.17. The number of Topliss-reactive ketones (excluding diaryl/α,β-unsaturated/α-hetero) is 1. The van der Waals surface area contributed by atoms with Gasteiger partial charge in [-0.2, -0.15) is 5.26 Å². The summed E-state index contributed by atoms with van der Waals surface area (Å²) in [5.74, 6) is 0.131. The number of nitrogens with zero attached hydrogens (tertiary/aromatic N) is 2. The Bertz CT molecular complexity index is 399. The maximum Gasteiger partial charge on any atom is 0.183 e. The highest BCUT2D eigenvalue weighted by molar-refractivity contribution is 7.15. The molecule has 5 heteroatoms. The van der Waals surface area contributed by atoms with Crippen molar-refractivity contribution in [1.29, 1.82) is 5.26 Å². The zero-order valence-corrected chi connectivity index (χ0v) is 8.15. The summed E-state index contributed by atoms with van der Waals surface area (Å²) in [5, 5.41) is 8.95. The van der Waals surface area contributed by atoms with E-state index in [0.29, 0.717) is 17.3 Å². The van der Waals surface area contributed by atoms with Crippen LogP contribution < -0.4 is 0 Å². The smallest absolute Gasteiger partial charge is 0.183 e. The average Bonchev–Trinajstić information content (AvgIpc) is 2.46. The Morgan fingerprint density at radius 1 is 1.69 bits per heavy atom. The minimum atomic E-state index is -0.623. The largest absolute Gasteiger partial charge is 0.300 e. The second-order valence-electron chi connectivity index (χ2n) is 3.06. The summed E-state index contributed by atoms with van der Waals surface area (Å²) < 4.78 is 0.420. The van der Waals surface area contributed by atoms with Crippen molar-refractivity contribution in [3.8, 4) is 6.07 Å². The maximum atomic E-state index is 10.9. The lowest BCUT2D eigenvalue weighted by molar-refractivity contribution is -0.126. The molecule has 0 unspecified atom stereocenters. The van der Waals surface area contributed by atoms with Crippen LogP contribution in [0.25, 0.3) is 0 Å². The van der Waals surface area contributed by atoms with Crippen molar-refractivity contribution in [2.75, 3.05) is 0 Å². The summed E-state index contributed by atoms with van der Waals surface area (Å²) in [6.07, 6.45) is 2.20. The number of hydrogen-bond donors (Lipinski definition) is 0. The van der Waals surface area contributed by atoms with Crippen molar-refractivity contribution >= 4 is 28.7 Å². The Kier molecular flexibility index (Phi) is 1.86. The molecule has 0 spiro atoms. The van der Waals surface area contributed by atoms with E-state index in [1.165, 1.54) is 11.3 Å². The molecule has 1 aromatic heterocycles. The third-order valence-electron chi connectivity index (χ3n) is 2.16. The number of thiazole rings is 1. The normalized spacial score (nSPS) is 19.2. The number of carbonyl (C=O) groups excluding carboxylic acids is 1. The minimum Gasteiger partial charge on any atom is -0.300 e. The number of carbonyl (C=O) groups is 1. The van der Waals surface area contributed by atoms with E-state index in [1.54, 1.807) is 6.20 Å². The first-order chi connectivity index (χ1) is 6.16. The molecule has 1 aromatic rings. The van der Waals surface area contributed by atoms with Gasteiger partial charge in [-0.05, 0) is 0 Å². The molecule has 1 aliphatic carbocycles. The van der Waals surface area contributed by atoms with E-state index in [-0.39, 0.29) is 5.78 Å². The van der Waals surface area contributed by atoms with Gasteiger partial charge in [0.15, 0.2) is 4.47 Å². The highest BCUT2D eigenvalue weighted by Gasteiger charge is 2.46. The van der Waals surface area contributed by atoms with Gasteiger partial charge in [0.1, 0.15) is 11.2 Å². The van der Waals surface area contributed by atoms with E-state index in [4.69, 9.17) is 16.9 Å². The Labute approximate surface area is 84.0 Å². The number of rotatable bonds is 1. The fraction of sp³-hybridized carbons (Fsp3) is 0.375. The Balaban J connectivity index is 2.35. The van der Waals surface area contributed by atoms with Crippen molar-refractivity contribution in [3.63, 3.8) is 0 Å². The molecular weight excluding hydrogens is 208 g/mol. The van der Waals surface area contributed by atoms with Gasteiger partial charge < -0.3 is 0 Å². The third-order valence-corrected chi connectivity index (χ3v) is 3.48. The number of nitriles is 1. The van der Waals surface area contributed by atoms with Gasteiger partial charge in [0.2, 0.25) is 0 Å². The molecule has 0 N–H and O–H groups in total. The number of aromatic nitrogens is 1. The summed E-state index contributed by atoms with van der Waals surface area (Å²) in [7, 11) is 0. The molecule has 1 heterocycles. The van der Waals surface area contributed by atoms with Crippen molar-refractivity contribution < 1.29 is 4.79 Å². The predicted octanol–water partition coefficient (Wildman–Crippen LogP) is 1.92. The molecular formula is C8H5ClN2OS. The monoisotopic (exact) mass is 212 g/mol. The fourth-order valence-electron chi connectivity index (χ4n) is 1.40. The van der Waals surface area contributed by atoms with Crippen molar-refractivity contribution in [2.24, 2.45) is 0 Å². The molecule has 0 aliphatic heterocycles. The topological polar surface area (TPSA) is 53.8 Å². The third kappa shape index (κ3) is 1.25. The Hall–Kier alpha value is -0.920. The van der Waals surface area contributed by atoms with Crippen LogP contribution in [-0.2, 0) is 10.2 Å². The van der Waals surface area contributed by atoms with Gasteiger partial charge in [-0.3, -0.25) is 4.79 Å². The highest BCUT2D eigenvalue weighted by atomic mass is 35.5. The summed E-state index contributed by atoms with van der Waals surface area (Å²) >= 11 is 6.93. The van der Waals surface area contributed by atoms with Gasteiger partial charge in [0, 0.05) is 23.9 Å². The van der Waals surface area contributed by atoms with Crippen LogP contribution in [-0.4, -0.2) is 10.8 Å². The van der Waals surface area contributed by atoms with Gasteiger partial charge >= 0.3 is 0 Å². The van der Waals surface area contributed by atoms with Crippen LogP contribution in [0.1, 0.15) is 17.7 Å². The van der Waals surface area contributed by atoms with E-state index < -0.39 is 5.41 Å². The maximum absolute atomic E-state index is 10.9. The van der Waals surface area contributed by atoms with Gasteiger partial charge in [-0.25, -0.2) is 4.98 Å². The fourth-order valence-corrected chi connectivity index (χ4v) is 2.48. The molecule has 0 aromatic carbocycles. The molecule has 0 atom stereocenters. The number of hydrogen-bond acceptors (Lipinski definition) is 4. The first kappa shape index (κ1) is 8.67. The average molecular weight is 213 g/mol. The van der Waals surface area contributed by atoms with Crippen LogP contribution in [0.5, 0.6) is 0 Å². The first-order valence-corrected chi connectivity index (χ1v) is 4.90. The van der Waals surface area contributed by atoms with E-state index in [0.717, 1.165) is 4.88 Å². The van der Waals surface area contributed by atoms with E-state index >= 15 is 0 Å². The molecule has 1 aliphatic rings. The number of halogens is 1. The van der Waals surface area contributed by atoms with Gasteiger partial charge in [-0.1, -0.05) is 11.6 Å². The van der Waals surface area contributed by atoms with Gasteiger partial charge in [0.25, 0.3) is 0 Å². The molecule has 1 fully saturated rings. The second kappa shape index (κ2) is 2.79. The molecule has 3 nitrogen and oxygen atoms in total. The highest BCUT2D eigenvalue weighted by Crippen LogP contribution is 2.43. The van der Waals surface area contributed by atoms with E-state index in [1.807, 2.05) is 0 Å². The Morgan fingerprint density at radius 3 is 2.77 bits per heavy atom. The molecule has 0 amide bonds. The molecule has 66 valence electrons. The van der Waals surface area contributed by atoms with Crippen molar-refractivity contribution in [1.82, 2.24) is 4.98 Å². The zero-order valence-electron chi connectivity index (χ0n) is 6.58. The zero-order chi connectivity index (χ0) is 9.47. The molecule has 0 bridgehead atoms. The molecule has 0 radical (unpaired) electrons. The quantitative estimate of drug-likeness (QED) is 0.715. The lowest BCUT2D eigenvalue weighted by Crippen LogP contribution is -2.39. The second-order valence-corrected chi connectivity index (χ2v) is 4.68. The predicted molar refractivity (Wildman–Crippen MR) is 48.7 cm³/mol. The van der Waals surface area contributed by atoms with Crippen molar-refractivity contribution in [3.05, 3.63) is 15.5 Å². The summed E-state index contributed by atoms with van der Waals surface area (Å²) in [6.45, 7) is 0. The number of ketones is 1. The minimum absolute atomic E-state index is 0.131. The molecule has 1 saturated carbocycles. The standard InChI is InChI=1S/C8H5ClN2OS/c9-7-11-3-6(13-7)8(4-10)1-5(12)2-8/h3H,1-2H2. The van der Waals surface area contributed by atoms with E-state index in [9.17, 15) is 4.79 Å². The Morgan fingerprint density at radius 2 is 2.38 bits per heavy atom. The molecule has 2 rings (SSSR count). The molecule has 13 heavy (non-hydrogen) atoms. The lowest BCUT2D eigenvalue weighted by Gasteiger charge is -2.31. The summed E-state index contributed by atoms with van der Waals surface area (Å²) in [4.78, 5) is 15.5. The SMILES string of the molecule is N#CC1(c2cnc(Cl)s2)CC(=O)C1. The van der Waals surface area contributed by atoms with Crippen LogP contribution in [0.15, 0.2) is 6.20 Å². The van der Waals surface area contributed by atoms with Crippen LogP contribution in [0.2, 0.25) is 4.47 Å². The van der Waals surface area contributed by atoms with Crippen LogP contribution in [0.4, 0.5) is 0 Å². The van der Waals surface area contributed by atoms with Gasteiger partial charge in [0.05, 0.1) is 6.07 Å². The summed E-state index contributed by atoms with van der Waals surface area (Å²) in [5.41, 5.74) is -0.623. The van der Waals surface area contributed by atoms with Gasteiger partial charge in [-0.15, -0.1) is 11.3 Å². The van der Waals surface area contributed by atoms with Crippen molar-refractivity contribution in [2.45, 2.75) is 18.3 Å². The van der Waals surface area contributed by atoms with E-state index in [2.05, 4.69) is 11.1 Å².